The highest BCUT2D eigenvalue weighted by atomic mass is 35.5. The molecule has 0 N–H and O–H groups in total. The summed E-state index contributed by atoms with van der Waals surface area (Å²) >= 11 is 6.09. The van der Waals surface area contributed by atoms with Crippen LogP contribution in [0.25, 0.3) is 11.0 Å². The van der Waals surface area contributed by atoms with Crippen molar-refractivity contribution in [2.24, 2.45) is 0 Å². The summed E-state index contributed by atoms with van der Waals surface area (Å²) in [7, 11) is -3.76. The van der Waals surface area contributed by atoms with Crippen LogP contribution < -0.4 is 4.74 Å². The van der Waals surface area contributed by atoms with Crippen LogP contribution in [0.2, 0.25) is 5.02 Å². The Balaban J connectivity index is 1.85. The zero-order valence-electron chi connectivity index (χ0n) is 13.1. The molecular weight excluding hydrogens is 386 g/mol. The van der Waals surface area contributed by atoms with E-state index in [4.69, 9.17) is 11.6 Å². The smallest absolute Gasteiger partial charge is 0.387 e. The van der Waals surface area contributed by atoms with Gasteiger partial charge in [0.2, 0.25) is 0 Å². The standard InChI is InChI=1S/C17H11ClF2N2O3S/c18-8-4-5-9-10(6-8)22-11-7-14(16(22)21-9)26(23,24)13-3-1-2-12(15(11)13)25-17(19)20/h1-6,11,14,17H,7H2/t11-,14?/m1/s1. The first-order valence-corrected chi connectivity index (χ1v) is 9.79. The summed E-state index contributed by atoms with van der Waals surface area (Å²) in [5.74, 6) is 0.285. The predicted molar refractivity (Wildman–Crippen MR) is 90.5 cm³/mol. The Labute approximate surface area is 152 Å². The molecule has 0 saturated heterocycles. The molecule has 1 aromatic heterocycles. The van der Waals surface area contributed by atoms with Crippen molar-refractivity contribution in [1.29, 1.82) is 0 Å². The summed E-state index contributed by atoms with van der Waals surface area (Å²) in [5, 5.41) is -0.324. The van der Waals surface area contributed by atoms with E-state index in [1.54, 1.807) is 22.8 Å². The number of hydrogen-bond donors (Lipinski definition) is 0. The zero-order valence-corrected chi connectivity index (χ0v) is 14.6. The molecule has 2 aliphatic rings. The predicted octanol–water partition coefficient (Wildman–Crippen LogP) is 4.11. The van der Waals surface area contributed by atoms with E-state index in [9.17, 15) is 17.2 Å². The number of ether oxygens (including phenoxy) is 1. The molecule has 0 spiro atoms. The van der Waals surface area contributed by atoms with Gasteiger partial charge in [0.15, 0.2) is 9.84 Å². The Hall–Kier alpha value is -2.19. The maximum absolute atomic E-state index is 13.1. The fourth-order valence-electron chi connectivity index (χ4n) is 4.02. The van der Waals surface area contributed by atoms with Gasteiger partial charge >= 0.3 is 6.61 Å². The van der Waals surface area contributed by atoms with Gasteiger partial charge in [0.05, 0.1) is 22.0 Å². The van der Waals surface area contributed by atoms with Crippen LogP contribution in [-0.4, -0.2) is 24.6 Å². The molecule has 26 heavy (non-hydrogen) atoms. The van der Waals surface area contributed by atoms with Gasteiger partial charge in [-0.2, -0.15) is 8.78 Å². The number of sulfone groups is 1. The first-order valence-electron chi connectivity index (χ1n) is 7.87. The average molecular weight is 397 g/mol. The second-order valence-corrected chi connectivity index (χ2v) is 8.84. The highest BCUT2D eigenvalue weighted by Crippen LogP contribution is 2.55. The van der Waals surface area contributed by atoms with Crippen molar-refractivity contribution in [1.82, 2.24) is 9.55 Å². The van der Waals surface area contributed by atoms with Gasteiger partial charge in [-0.05, 0) is 36.8 Å². The van der Waals surface area contributed by atoms with Crippen LogP contribution in [0.3, 0.4) is 0 Å². The molecule has 0 saturated carbocycles. The molecule has 3 aromatic rings. The molecule has 5 nitrogen and oxygen atoms in total. The number of nitrogens with zero attached hydrogens (tertiary/aromatic N) is 2. The van der Waals surface area contributed by atoms with Crippen LogP contribution in [0.4, 0.5) is 8.78 Å². The van der Waals surface area contributed by atoms with E-state index in [2.05, 4.69) is 9.72 Å². The summed E-state index contributed by atoms with van der Waals surface area (Å²) < 4.78 is 58.3. The van der Waals surface area contributed by atoms with Crippen LogP contribution in [0, 0.1) is 0 Å². The summed E-state index contributed by atoms with van der Waals surface area (Å²) in [6.07, 6.45) is 0.240. The molecular formula is C17H11ClF2N2O3S. The Bertz CT molecular complexity index is 1180. The van der Waals surface area contributed by atoms with Crippen molar-refractivity contribution in [2.75, 3.05) is 0 Å². The molecule has 3 heterocycles. The second kappa shape index (κ2) is 5.17. The Kier molecular flexibility index (Phi) is 3.19. The lowest BCUT2D eigenvalue weighted by molar-refractivity contribution is -0.0509. The zero-order chi connectivity index (χ0) is 18.2. The molecule has 0 amide bonds. The number of hydrogen-bond acceptors (Lipinski definition) is 4. The summed E-state index contributed by atoms with van der Waals surface area (Å²) in [5.41, 5.74) is 1.54. The van der Waals surface area contributed by atoms with Crippen LogP contribution in [0.15, 0.2) is 41.3 Å². The van der Waals surface area contributed by atoms with Crippen molar-refractivity contribution in [3.8, 4) is 5.75 Å². The number of halogens is 3. The van der Waals surface area contributed by atoms with Crippen molar-refractivity contribution < 1.29 is 21.9 Å². The van der Waals surface area contributed by atoms with E-state index in [0.717, 1.165) is 0 Å². The monoisotopic (exact) mass is 396 g/mol. The van der Waals surface area contributed by atoms with Crippen molar-refractivity contribution in [3.05, 3.63) is 52.8 Å². The topological polar surface area (TPSA) is 61.2 Å². The average Bonchev–Trinajstić information content (AvgIpc) is 3.09. The Morgan fingerprint density at radius 2 is 2.08 bits per heavy atom. The van der Waals surface area contributed by atoms with Gasteiger partial charge in [-0.3, -0.25) is 0 Å². The number of aromatic nitrogens is 2. The summed E-state index contributed by atoms with van der Waals surface area (Å²) in [4.78, 5) is 4.51. The third kappa shape index (κ3) is 1.99. The van der Waals surface area contributed by atoms with Crippen molar-refractivity contribution in [3.63, 3.8) is 0 Å². The molecule has 5 rings (SSSR count). The molecule has 2 aliphatic heterocycles. The van der Waals surface area contributed by atoms with E-state index in [1.165, 1.54) is 18.2 Å². The number of benzene rings is 2. The van der Waals surface area contributed by atoms with E-state index >= 15 is 0 Å². The van der Waals surface area contributed by atoms with Crippen LogP contribution in [0.1, 0.15) is 29.1 Å². The van der Waals surface area contributed by atoms with Gasteiger partial charge in [0, 0.05) is 10.6 Å². The van der Waals surface area contributed by atoms with Crippen LogP contribution >= 0.6 is 11.6 Å². The molecule has 2 aromatic carbocycles. The number of rotatable bonds is 2. The molecule has 0 fully saturated rings. The van der Waals surface area contributed by atoms with Crippen LogP contribution in [0.5, 0.6) is 5.75 Å². The lowest BCUT2D eigenvalue weighted by Gasteiger charge is -2.25. The number of fused-ring (bicyclic) bond motifs is 9. The number of imidazole rings is 1. The van der Waals surface area contributed by atoms with Gasteiger partial charge in [-0.1, -0.05) is 17.7 Å². The highest BCUT2D eigenvalue weighted by Gasteiger charge is 2.50. The van der Waals surface area contributed by atoms with Crippen LogP contribution in [-0.2, 0) is 9.84 Å². The first-order chi connectivity index (χ1) is 12.4. The van der Waals surface area contributed by atoms with Gasteiger partial charge in [0.1, 0.15) is 16.8 Å². The third-order valence-corrected chi connectivity index (χ3v) is 7.33. The summed E-state index contributed by atoms with van der Waals surface area (Å²) in [6.45, 7) is -3.04. The third-order valence-electron chi connectivity index (χ3n) is 4.97. The molecule has 2 atom stereocenters. The minimum Gasteiger partial charge on any atom is -0.434 e. The molecule has 0 radical (unpaired) electrons. The maximum Gasteiger partial charge on any atom is 0.387 e. The van der Waals surface area contributed by atoms with Gasteiger partial charge < -0.3 is 9.30 Å². The molecule has 2 bridgehead atoms. The molecule has 9 heteroatoms. The quantitative estimate of drug-likeness (QED) is 0.654. The van der Waals surface area contributed by atoms with Gasteiger partial charge in [0.25, 0.3) is 0 Å². The van der Waals surface area contributed by atoms with E-state index < -0.39 is 27.7 Å². The SMILES string of the molecule is O=S1(=O)c2cccc(OC(F)F)c2[C@H]2CC1c1nc3ccc(Cl)cc3n12. The number of alkyl halides is 2. The summed E-state index contributed by atoms with van der Waals surface area (Å²) in [6, 6.07) is 8.86. The fraction of sp³-hybridized carbons (Fsp3) is 0.235. The van der Waals surface area contributed by atoms with E-state index in [1.807, 2.05) is 0 Å². The highest BCUT2D eigenvalue weighted by molar-refractivity contribution is 7.91. The van der Waals surface area contributed by atoms with E-state index in [0.29, 0.717) is 21.9 Å². The second-order valence-electron chi connectivity index (χ2n) is 6.30. The molecule has 134 valence electrons. The Morgan fingerprint density at radius 3 is 2.85 bits per heavy atom. The van der Waals surface area contributed by atoms with Crippen molar-refractivity contribution >= 4 is 32.5 Å². The maximum atomic E-state index is 13.1. The minimum atomic E-state index is -3.76. The van der Waals surface area contributed by atoms with Gasteiger partial charge in [-0.25, -0.2) is 13.4 Å². The first kappa shape index (κ1) is 16.0. The van der Waals surface area contributed by atoms with E-state index in [-0.39, 0.29) is 22.6 Å². The minimum absolute atomic E-state index is 0.0255. The fourth-order valence-corrected chi connectivity index (χ4v) is 6.18. The lowest BCUT2D eigenvalue weighted by atomic mass is 10.0. The van der Waals surface area contributed by atoms with Crippen molar-refractivity contribution in [2.45, 2.75) is 29.2 Å². The largest absolute Gasteiger partial charge is 0.434 e. The molecule has 0 aliphatic carbocycles. The normalized spacial score (nSPS) is 22.5. The molecule has 1 unspecified atom stereocenters. The lowest BCUT2D eigenvalue weighted by Crippen LogP contribution is -2.21. The van der Waals surface area contributed by atoms with Gasteiger partial charge in [-0.15, -0.1) is 0 Å². The Morgan fingerprint density at radius 1 is 1.27 bits per heavy atom.